The second kappa shape index (κ2) is 5.62. The molecule has 2 aromatic rings. The van der Waals surface area contributed by atoms with Crippen molar-refractivity contribution in [1.29, 1.82) is 0 Å². The molecule has 0 saturated heterocycles. The average Bonchev–Trinajstić information content (AvgIpc) is 2.77. The number of aryl methyl sites for hydroxylation is 2. The number of hydrogen-bond donors (Lipinski definition) is 1. The van der Waals surface area contributed by atoms with Crippen molar-refractivity contribution >= 4 is 5.69 Å². The maximum Gasteiger partial charge on any atom is 0.272 e. The normalized spacial score (nSPS) is 10.6. The lowest BCUT2D eigenvalue weighted by Crippen LogP contribution is -2.13. The Morgan fingerprint density at radius 1 is 1.37 bits per heavy atom. The Hall–Kier alpha value is -2.21. The highest BCUT2D eigenvalue weighted by atomic mass is 16.6. The Morgan fingerprint density at radius 2 is 2.16 bits per heavy atom. The van der Waals surface area contributed by atoms with Crippen LogP contribution in [0.2, 0.25) is 0 Å². The molecule has 6 nitrogen and oxygen atoms in total. The Kier molecular flexibility index (Phi) is 3.91. The van der Waals surface area contributed by atoms with Crippen LogP contribution < -0.4 is 5.32 Å². The van der Waals surface area contributed by atoms with Crippen molar-refractivity contribution < 1.29 is 9.34 Å². The third-order valence-electron chi connectivity index (χ3n) is 2.74. The fraction of sp³-hybridized carbons (Fsp3) is 0.308. The number of hydrogen-bond acceptors (Lipinski definition) is 5. The fourth-order valence-corrected chi connectivity index (χ4v) is 1.76. The minimum atomic E-state index is -0.365. The third-order valence-corrected chi connectivity index (χ3v) is 2.74. The molecule has 0 aliphatic rings. The second-order valence-corrected chi connectivity index (χ2v) is 4.35. The molecule has 0 radical (unpaired) electrons. The van der Waals surface area contributed by atoms with Gasteiger partial charge in [0.15, 0.2) is 0 Å². The van der Waals surface area contributed by atoms with E-state index >= 15 is 0 Å². The van der Waals surface area contributed by atoms with Crippen LogP contribution >= 0.6 is 0 Å². The molecule has 0 atom stereocenters. The predicted molar refractivity (Wildman–Crippen MR) is 69.6 cm³/mol. The van der Waals surface area contributed by atoms with E-state index in [1.807, 2.05) is 13.0 Å². The summed E-state index contributed by atoms with van der Waals surface area (Å²) in [4.78, 5) is 14.5. The van der Waals surface area contributed by atoms with Crippen LogP contribution in [0.25, 0.3) is 0 Å². The van der Waals surface area contributed by atoms with Gasteiger partial charge in [0, 0.05) is 18.2 Å². The van der Waals surface area contributed by atoms with Crippen LogP contribution in [-0.4, -0.2) is 9.91 Å². The van der Waals surface area contributed by atoms with Gasteiger partial charge < -0.3 is 9.73 Å². The van der Waals surface area contributed by atoms with Crippen molar-refractivity contribution in [3.63, 3.8) is 0 Å². The summed E-state index contributed by atoms with van der Waals surface area (Å²) in [5.74, 6) is 1.38. The Morgan fingerprint density at radius 3 is 2.79 bits per heavy atom. The summed E-state index contributed by atoms with van der Waals surface area (Å²) in [6.07, 6.45) is 1.66. The van der Waals surface area contributed by atoms with Crippen molar-refractivity contribution in [2.24, 2.45) is 0 Å². The molecule has 100 valence electrons. The fourth-order valence-electron chi connectivity index (χ4n) is 1.76. The molecule has 0 unspecified atom stereocenters. The lowest BCUT2D eigenvalue weighted by Gasteiger charge is -2.04. The molecule has 2 rings (SSSR count). The number of rotatable bonds is 5. The minimum Gasteiger partial charge on any atom is -0.445 e. The SMILES string of the molecule is Cc1cnc(CNCc2ccc(C)c([N+](=O)[O-])c2)o1. The topological polar surface area (TPSA) is 81.2 Å². The quantitative estimate of drug-likeness (QED) is 0.660. The molecule has 0 bridgehead atoms. The largest absolute Gasteiger partial charge is 0.445 e. The molecular weight excluding hydrogens is 246 g/mol. The van der Waals surface area contributed by atoms with Crippen molar-refractivity contribution in [1.82, 2.24) is 10.3 Å². The van der Waals surface area contributed by atoms with Gasteiger partial charge >= 0.3 is 0 Å². The number of nitro groups is 1. The monoisotopic (exact) mass is 261 g/mol. The number of nitro benzene ring substituents is 1. The van der Waals surface area contributed by atoms with E-state index in [0.29, 0.717) is 24.5 Å². The lowest BCUT2D eigenvalue weighted by molar-refractivity contribution is -0.385. The summed E-state index contributed by atoms with van der Waals surface area (Å²) in [5.41, 5.74) is 1.67. The summed E-state index contributed by atoms with van der Waals surface area (Å²) >= 11 is 0. The molecule has 0 aliphatic carbocycles. The van der Waals surface area contributed by atoms with E-state index in [9.17, 15) is 10.1 Å². The number of benzene rings is 1. The highest BCUT2D eigenvalue weighted by Crippen LogP contribution is 2.19. The summed E-state index contributed by atoms with van der Waals surface area (Å²) < 4.78 is 5.32. The summed E-state index contributed by atoms with van der Waals surface area (Å²) in [5, 5.41) is 14.0. The van der Waals surface area contributed by atoms with Gasteiger partial charge in [0.05, 0.1) is 17.7 Å². The highest BCUT2D eigenvalue weighted by molar-refractivity contribution is 5.42. The molecule has 1 N–H and O–H groups in total. The number of nitrogens with zero attached hydrogens (tertiary/aromatic N) is 2. The molecule has 19 heavy (non-hydrogen) atoms. The van der Waals surface area contributed by atoms with Crippen LogP contribution in [-0.2, 0) is 13.1 Å². The number of nitrogens with one attached hydrogen (secondary N) is 1. The summed E-state index contributed by atoms with van der Waals surface area (Å²) in [6, 6.07) is 5.21. The van der Waals surface area contributed by atoms with E-state index in [4.69, 9.17) is 4.42 Å². The van der Waals surface area contributed by atoms with Crippen LogP contribution in [0.1, 0.15) is 22.8 Å². The van der Waals surface area contributed by atoms with Crippen LogP contribution in [0.15, 0.2) is 28.8 Å². The summed E-state index contributed by atoms with van der Waals surface area (Å²) in [7, 11) is 0. The van der Waals surface area contributed by atoms with Gasteiger partial charge in [-0.1, -0.05) is 12.1 Å². The van der Waals surface area contributed by atoms with E-state index in [-0.39, 0.29) is 10.6 Å². The first-order chi connectivity index (χ1) is 9.06. The average molecular weight is 261 g/mol. The van der Waals surface area contributed by atoms with Gasteiger partial charge in [0.25, 0.3) is 5.69 Å². The van der Waals surface area contributed by atoms with Crippen molar-refractivity contribution in [2.75, 3.05) is 0 Å². The Bertz CT molecular complexity index is 593. The van der Waals surface area contributed by atoms with E-state index in [1.165, 1.54) is 0 Å². The molecule has 0 spiro atoms. The first-order valence-corrected chi connectivity index (χ1v) is 5.92. The highest BCUT2D eigenvalue weighted by Gasteiger charge is 2.10. The van der Waals surface area contributed by atoms with Crippen molar-refractivity contribution in [3.8, 4) is 0 Å². The smallest absolute Gasteiger partial charge is 0.272 e. The first kappa shape index (κ1) is 13.2. The second-order valence-electron chi connectivity index (χ2n) is 4.35. The lowest BCUT2D eigenvalue weighted by atomic mass is 10.1. The molecule has 0 aliphatic heterocycles. The van der Waals surface area contributed by atoms with Gasteiger partial charge in [-0.25, -0.2) is 4.98 Å². The zero-order valence-corrected chi connectivity index (χ0v) is 10.8. The maximum absolute atomic E-state index is 10.8. The zero-order chi connectivity index (χ0) is 13.8. The molecule has 1 aromatic heterocycles. The van der Waals surface area contributed by atoms with Gasteiger partial charge in [-0.3, -0.25) is 10.1 Å². The van der Waals surface area contributed by atoms with E-state index in [0.717, 1.165) is 11.3 Å². The summed E-state index contributed by atoms with van der Waals surface area (Å²) in [6.45, 7) is 4.59. The van der Waals surface area contributed by atoms with E-state index < -0.39 is 0 Å². The van der Waals surface area contributed by atoms with Crippen molar-refractivity contribution in [2.45, 2.75) is 26.9 Å². The molecule has 6 heteroatoms. The molecule has 1 aromatic carbocycles. The molecule has 1 heterocycles. The van der Waals surface area contributed by atoms with Gasteiger partial charge in [-0.2, -0.15) is 0 Å². The van der Waals surface area contributed by atoms with Gasteiger partial charge in [0.2, 0.25) is 5.89 Å². The number of oxazole rings is 1. The molecular formula is C13H15N3O3. The predicted octanol–water partition coefficient (Wildman–Crippen LogP) is 2.49. The van der Waals surface area contributed by atoms with Gasteiger partial charge in [0.1, 0.15) is 5.76 Å². The van der Waals surface area contributed by atoms with Crippen LogP contribution in [0.3, 0.4) is 0 Å². The molecule has 0 saturated carbocycles. The standard InChI is InChI=1S/C13H15N3O3/c1-9-3-4-11(5-12(9)16(17)18)7-14-8-13-15-6-10(2)19-13/h3-6,14H,7-8H2,1-2H3. The zero-order valence-electron chi connectivity index (χ0n) is 10.8. The molecule has 0 amide bonds. The van der Waals surface area contributed by atoms with Gasteiger partial charge in [-0.15, -0.1) is 0 Å². The van der Waals surface area contributed by atoms with Crippen LogP contribution in [0, 0.1) is 24.0 Å². The Balaban J connectivity index is 1.96. The van der Waals surface area contributed by atoms with E-state index in [2.05, 4.69) is 10.3 Å². The van der Waals surface area contributed by atoms with Gasteiger partial charge in [-0.05, 0) is 19.4 Å². The van der Waals surface area contributed by atoms with Crippen LogP contribution in [0.5, 0.6) is 0 Å². The maximum atomic E-state index is 10.8. The minimum absolute atomic E-state index is 0.145. The Labute approximate surface area is 110 Å². The molecule has 0 fully saturated rings. The van der Waals surface area contributed by atoms with E-state index in [1.54, 1.807) is 25.3 Å². The third kappa shape index (κ3) is 3.38. The van der Waals surface area contributed by atoms with Crippen LogP contribution in [0.4, 0.5) is 5.69 Å². The van der Waals surface area contributed by atoms with Crippen molar-refractivity contribution in [3.05, 3.63) is 57.3 Å². The first-order valence-electron chi connectivity index (χ1n) is 5.92. The number of aromatic nitrogens is 1.